The van der Waals surface area contributed by atoms with Crippen LogP contribution in [0.5, 0.6) is 5.75 Å². The predicted octanol–water partition coefficient (Wildman–Crippen LogP) is 2.83. The van der Waals surface area contributed by atoms with Gasteiger partial charge in [-0.05, 0) is 66.6 Å². The summed E-state index contributed by atoms with van der Waals surface area (Å²) >= 11 is 0. The number of benzene rings is 2. The number of carbonyl (C=O) groups is 2. The molecule has 2 aromatic rings. The third kappa shape index (κ3) is 3.97. The van der Waals surface area contributed by atoms with E-state index in [1.165, 1.54) is 0 Å². The molecule has 0 saturated carbocycles. The van der Waals surface area contributed by atoms with Gasteiger partial charge in [-0.2, -0.15) is 13.5 Å². The van der Waals surface area contributed by atoms with E-state index >= 15 is 0 Å². The van der Waals surface area contributed by atoms with Crippen LogP contribution in [0.25, 0.3) is 0 Å². The Morgan fingerprint density at radius 2 is 2.03 bits per heavy atom. The Balaban J connectivity index is 0.00000240. The number of amides is 2. The van der Waals surface area contributed by atoms with Crippen molar-refractivity contribution in [2.24, 2.45) is 5.41 Å². The Labute approximate surface area is 177 Å². The Kier molecular flexibility index (Phi) is 6.19. The first-order chi connectivity index (χ1) is 13.5. The molecule has 1 fully saturated rings. The molecule has 4 rings (SSSR count). The van der Waals surface area contributed by atoms with Crippen LogP contribution in [-0.2, 0) is 24.2 Å². The van der Waals surface area contributed by atoms with Crippen molar-refractivity contribution in [1.82, 2.24) is 10.4 Å². The zero-order valence-corrected chi connectivity index (χ0v) is 17.4. The Hall–Kier alpha value is -2.51. The number of carbonyl (C=O) groups excluding carboxylic acids is 2. The van der Waals surface area contributed by atoms with Crippen molar-refractivity contribution in [1.29, 1.82) is 0 Å². The van der Waals surface area contributed by atoms with Gasteiger partial charge in [0.25, 0.3) is 5.91 Å². The maximum absolute atomic E-state index is 13.3. The highest BCUT2D eigenvalue weighted by Gasteiger charge is 2.47. The number of nitrogens with one attached hydrogen (secondary N) is 1. The highest BCUT2D eigenvalue weighted by molar-refractivity contribution is 7.59. The van der Waals surface area contributed by atoms with Gasteiger partial charge in [0.05, 0.1) is 12.5 Å². The van der Waals surface area contributed by atoms with E-state index in [0.29, 0.717) is 18.5 Å². The lowest BCUT2D eigenvalue weighted by atomic mass is 9.70. The molecule has 2 amide bonds. The van der Waals surface area contributed by atoms with Gasteiger partial charge in [0, 0.05) is 18.7 Å². The molecule has 6 nitrogen and oxygen atoms in total. The van der Waals surface area contributed by atoms with Gasteiger partial charge in [0.1, 0.15) is 5.75 Å². The average molecular weight is 415 g/mol. The van der Waals surface area contributed by atoms with Crippen LogP contribution in [0, 0.1) is 5.41 Å². The monoisotopic (exact) mass is 414 g/mol. The van der Waals surface area contributed by atoms with Crippen LogP contribution in [0.1, 0.15) is 39.9 Å². The summed E-state index contributed by atoms with van der Waals surface area (Å²) in [5.41, 5.74) is 5.05. The smallest absolute Gasteiger partial charge is 0.274 e. The van der Waals surface area contributed by atoms with Crippen molar-refractivity contribution in [3.63, 3.8) is 0 Å². The SMILES string of the molecule is COc1cccc(CN2CC[C@@]3(CCc4cc(C(=O)NO)ccc4C3)C2=O)c1.S. The van der Waals surface area contributed by atoms with Crippen molar-refractivity contribution in [3.05, 3.63) is 64.7 Å². The molecule has 154 valence electrons. The molecule has 29 heavy (non-hydrogen) atoms. The maximum atomic E-state index is 13.3. The quantitative estimate of drug-likeness (QED) is 0.596. The zero-order chi connectivity index (χ0) is 19.7. The molecule has 2 aliphatic rings. The number of nitrogens with zero attached hydrogens (tertiary/aromatic N) is 1. The molecule has 1 aliphatic heterocycles. The summed E-state index contributed by atoms with van der Waals surface area (Å²) in [5.74, 6) is 0.510. The minimum atomic E-state index is -0.510. The lowest BCUT2D eigenvalue weighted by molar-refractivity contribution is -0.137. The number of fused-ring (bicyclic) bond motifs is 1. The van der Waals surface area contributed by atoms with E-state index < -0.39 is 5.91 Å². The van der Waals surface area contributed by atoms with Crippen LogP contribution in [0.2, 0.25) is 0 Å². The number of hydroxylamine groups is 1. The number of aryl methyl sites for hydroxylation is 1. The second-order valence-corrected chi connectivity index (χ2v) is 7.71. The van der Waals surface area contributed by atoms with E-state index in [1.807, 2.05) is 41.3 Å². The molecule has 2 N–H and O–H groups in total. The number of rotatable bonds is 4. The fourth-order valence-electron chi connectivity index (χ4n) is 4.49. The van der Waals surface area contributed by atoms with E-state index in [9.17, 15) is 9.59 Å². The topological polar surface area (TPSA) is 78.9 Å². The van der Waals surface area contributed by atoms with E-state index in [2.05, 4.69) is 0 Å². The number of ether oxygens (including phenoxy) is 1. The van der Waals surface area contributed by atoms with Crippen LogP contribution in [-0.4, -0.2) is 35.6 Å². The second-order valence-electron chi connectivity index (χ2n) is 7.71. The molecule has 0 aromatic heterocycles. The molecular weight excluding hydrogens is 388 g/mol. The second kappa shape index (κ2) is 8.47. The summed E-state index contributed by atoms with van der Waals surface area (Å²) < 4.78 is 5.28. The zero-order valence-electron chi connectivity index (χ0n) is 16.4. The minimum absolute atomic E-state index is 0. The minimum Gasteiger partial charge on any atom is -0.497 e. The lowest BCUT2D eigenvalue weighted by Gasteiger charge is -2.33. The van der Waals surface area contributed by atoms with Crippen LogP contribution < -0.4 is 10.2 Å². The Morgan fingerprint density at radius 3 is 2.79 bits per heavy atom. The van der Waals surface area contributed by atoms with E-state index in [1.54, 1.807) is 18.7 Å². The first kappa shape index (κ1) is 21.2. The van der Waals surface area contributed by atoms with Crippen molar-refractivity contribution < 1.29 is 19.5 Å². The lowest BCUT2D eigenvalue weighted by Crippen LogP contribution is -2.38. The fourth-order valence-corrected chi connectivity index (χ4v) is 4.49. The summed E-state index contributed by atoms with van der Waals surface area (Å²) in [6.45, 7) is 1.36. The molecule has 1 saturated heterocycles. The summed E-state index contributed by atoms with van der Waals surface area (Å²) in [5, 5.41) is 8.82. The molecule has 0 radical (unpaired) electrons. The normalized spacial score (nSPS) is 20.2. The van der Waals surface area contributed by atoms with Gasteiger partial charge in [0.15, 0.2) is 0 Å². The molecule has 0 unspecified atom stereocenters. The van der Waals surface area contributed by atoms with Gasteiger partial charge in [0.2, 0.25) is 5.91 Å². The van der Waals surface area contributed by atoms with Crippen LogP contribution in [0.3, 0.4) is 0 Å². The van der Waals surface area contributed by atoms with Crippen molar-refractivity contribution in [3.8, 4) is 5.75 Å². The van der Waals surface area contributed by atoms with Gasteiger partial charge < -0.3 is 9.64 Å². The Bertz CT molecular complexity index is 933. The first-order valence-electron chi connectivity index (χ1n) is 9.53. The van der Waals surface area contributed by atoms with Crippen molar-refractivity contribution in [2.45, 2.75) is 32.2 Å². The summed E-state index contributed by atoms with van der Waals surface area (Å²) in [4.78, 5) is 26.9. The fraction of sp³-hybridized carbons (Fsp3) is 0.364. The van der Waals surface area contributed by atoms with Crippen LogP contribution >= 0.6 is 13.5 Å². The highest BCUT2D eigenvalue weighted by atomic mass is 32.1. The average Bonchev–Trinajstić information content (AvgIpc) is 3.02. The predicted molar refractivity (Wildman–Crippen MR) is 114 cm³/mol. The first-order valence-corrected chi connectivity index (χ1v) is 9.53. The third-order valence-corrected chi connectivity index (χ3v) is 6.08. The van der Waals surface area contributed by atoms with Crippen molar-refractivity contribution >= 4 is 25.3 Å². The number of hydrogen-bond acceptors (Lipinski definition) is 4. The van der Waals surface area contributed by atoms with Crippen LogP contribution in [0.4, 0.5) is 0 Å². The van der Waals surface area contributed by atoms with E-state index in [4.69, 9.17) is 9.94 Å². The molecule has 1 heterocycles. The van der Waals surface area contributed by atoms with Gasteiger partial charge in [-0.3, -0.25) is 14.8 Å². The molecule has 1 spiro atoms. The molecule has 0 bridgehead atoms. The largest absolute Gasteiger partial charge is 0.497 e. The van der Waals surface area contributed by atoms with E-state index in [-0.39, 0.29) is 24.8 Å². The summed E-state index contributed by atoms with van der Waals surface area (Å²) in [7, 11) is 1.64. The molecule has 1 atom stereocenters. The highest BCUT2D eigenvalue weighted by Crippen LogP contribution is 2.44. The maximum Gasteiger partial charge on any atom is 0.274 e. The number of likely N-dealkylation sites (tertiary alicyclic amines) is 1. The van der Waals surface area contributed by atoms with E-state index in [0.717, 1.165) is 48.2 Å². The third-order valence-electron chi connectivity index (χ3n) is 6.08. The number of hydrogen-bond donors (Lipinski definition) is 2. The standard InChI is InChI=1S/C22H24N2O4.H2S/c1-28-19-4-2-3-15(11-19)14-24-10-9-22(21(24)26)8-7-16-12-17(20(25)23-27)5-6-18(16)13-22;/h2-6,11-12,27H,7-10,13-14H2,1H3,(H,23,25);1H2/t22-;/m1./s1. The van der Waals surface area contributed by atoms with Gasteiger partial charge in [-0.15, -0.1) is 0 Å². The van der Waals surface area contributed by atoms with Crippen molar-refractivity contribution in [2.75, 3.05) is 13.7 Å². The molecule has 7 heteroatoms. The summed E-state index contributed by atoms with van der Waals surface area (Å²) in [6.07, 6.45) is 3.11. The van der Waals surface area contributed by atoms with Gasteiger partial charge in [-0.1, -0.05) is 18.2 Å². The van der Waals surface area contributed by atoms with Gasteiger partial charge >= 0.3 is 0 Å². The van der Waals surface area contributed by atoms with Crippen LogP contribution in [0.15, 0.2) is 42.5 Å². The molecule has 1 aliphatic carbocycles. The summed E-state index contributed by atoms with van der Waals surface area (Å²) in [6, 6.07) is 13.3. The van der Waals surface area contributed by atoms with Gasteiger partial charge in [-0.25, -0.2) is 5.48 Å². The Morgan fingerprint density at radius 1 is 1.21 bits per heavy atom. The molecular formula is C22H26N2O4S. The molecule has 2 aromatic carbocycles. The number of methoxy groups -OCH3 is 1.